The van der Waals surface area contributed by atoms with Crippen LogP contribution in [0.3, 0.4) is 0 Å². The number of nitrogens with zero attached hydrogens (tertiary/aromatic N) is 2. The number of pyridine rings is 1. The van der Waals surface area contributed by atoms with Gasteiger partial charge < -0.3 is 10.6 Å². The lowest BCUT2D eigenvalue weighted by Crippen LogP contribution is -2.14. The number of carbonyl (C=O) groups is 1. The van der Waals surface area contributed by atoms with Gasteiger partial charge in [-0.2, -0.15) is 18.4 Å². The van der Waals surface area contributed by atoms with Gasteiger partial charge in [-0.1, -0.05) is 18.2 Å². The predicted molar refractivity (Wildman–Crippen MR) is 98.1 cm³/mol. The van der Waals surface area contributed by atoms with E-state index in [2.05, 4.69) is 15.6 Å². The van der Waals surface area contributed by atoms with E-state index in [4.69, 9.17) is 5.26 Å². The summed E-state index contributed by atoms with van der Waals surface area (Å²) in [5.41, 5.74) is 0.136. The lowest BCUT2D eigenvalue weighted by molar-refractivity contribution is -0.136. The number of carbonyl (C=O) groups excluding carboxylic acids is 1. The van der Waals surface area contributed by atoms with Crippen LogP contribution in [0.15, 0.2) is 66.9 Å². The molecule has 0 aliphatic rings. The van der Waals surface area contributed by atoms with Crippen molar-refractivity contribution in [2.24, 2.45) is 0 Å². The molecule has 2 aromatic carbocycles. The Kier molecular flexibility index (Phi) is 5.27. The van der Waals surface area contributed by atoms with Gasteiger partial charge in [-0.3, -0.25) is 9.78 Å². The number of anilines is 3. The van der Waals surface area contributed by atoms with E-state index in [0.29, 0.717) is 11.3 Å². The van der Waals surface area contributed by atoms with Crippen LogP contribution in [0.2, 0.25) is 0 Å². The fourth-order valence-electron chi connectivity index (χ4n) is 2.49. The summed E-state index contributed by atoms with van der Waals surface area (Å²) in [7, 11) is 0. The van der Waals surface area contributed by atoms with Gasteiger partial charge in [0, 0.05) is 17.6 Å². The van der Waals surface area contributed by atoms with Crippen molar-refractivity contribution in [3.05, 3.63) is 83.7 Å². The zero-order chi connectivity index (χ0) is 20.1. The van der Waals surface area contributed by atoms with Crippen LogP contribution in [-0.4, -0.2) is 10.9 Å². The van der Waals surface area contributed by atoms with Crippen LogP contribution < -0.4 is 10.6 Å². The van der Waals surface area contributed by atoms with E-state index < -0.39 is 17.6 Å². The van der Waals surface area contributed by atoms with Gasteiger partial charge in [-0.25, -0.2) is 0 Å². The number of amides is 1. The molecule has 0 atom stereocenters. The van der Waals surface area contributed by atoms with Crippen LogP contribution in [-0.2, 0) is 6.18 Å². The number of alkyl halides is 3. The average Bonchev–Trinajstić information content (AvgIpc) is 2.68. The van der Waals surface area contributed by atoms with Gasteiger partial charge in [0.2, 0.25) is 0 Å². The number of rotatable bonds is 4. The molecule has 0 aliphatic carbocycles. The largest absolute Gasteiger partial charge is 0.418 e. The Morgan fingerprint density at radius 2 is 1.79 bits per heavy atom. The van der Waals surface area contributed by atoms with E-state index >= 15 is 0 Å². The minimum Gasteiger partial charge on any atom is -0.355 e. The standard InChI is InChI=1S/C20H13F3N4O/c21-20(22,23)16-6-1-2-7-17(16)26-15-8-9-25-18(11-15)19(28)27-14-5-3-4-13(10-14)12-24/h1-11H,(H,25,26)(H,27,28). The maximum Gasteiger partial charge on any atom is 0.418 e. The fourth-order valence-corrected chi connectivity index (χ4v) is 2.49. The molecule has 5 nitrogen and oxygen atoms in total. The van der Waals surface area contributed by atoms with Gasteiger partial charge in [0.25, 0.3) is 5.91 Å². The van der Waals surface area contributed by atoms with Gasteiger partial charge in [-0.15, -0.1) is 0 Å². The molecular formula is C20H13F3N4O. The maximum absolute atomic E-state index is 13.1. The second-order valence-electron chi connectivity index (χ2n) is 5.74. The predicted octanol–water partition coefficient (Wildman–Crippen LogP) is 4.97. The molecule has 3 rings (SSSR count). The van der Waals surface area contributed by atoms with Crippen molar-refractivity contribution >= 4 is 23.0 Å². The van der Waals surface area contributed by atoms with Crippen LogP contribution in [0, 0.1) is 11.3 Å². The molecule has 0 radical (unpaired) electrons. The number of hydrogen-bond donors (Lipinski definition) is 2. The summed E-state index contributed by atoms with van der Waals surface area (Å²) in [6.07, 6.45) is -3.19. The number of benzene rings is 2. The van der Waals surface area contributed by atoms with E-state index in [1.165, 1.54) is 42.6 Å². The maximum atomic E-state index is 13.1. The number of nitriles is 1. The zero-order valence-corrected chi connectivity index (χ0v) is 14.3. The summed E-state index contributed by atoms with van der Waals surface area (Å²) in [5.74, 6) is -0.553. The van der Waals surface area contributed by atoms with E-state index in [0.717, 1.165) is 6.07 Å². The first-order valence-corrected chi connectivity index (χ1v) is 8.07. The molecule has 0 saturated heterocycles. The van der Waals surface area contributed by atoms with Crippen molar-refractivity contribution in [3.8, 4) is 6.07 Å². The Morgan fingerprint density at radius 1 is 1.00 bits per heavy atom. The Balaban J connectivity index is 1.81. The number of hydrogen-bond acceptors (Lipinski definition) is 4. The quantitative estimate of drug-likeness (QED) is 0.668. The van der Waals surface area contributed by atoms with Gasteiger partial charge in [0.05, 0.1) is 22.9 Å². The van der Waals surface area contributed by atoms with Gasteiger partial charge in [0.1, 0.15) is 5.69 Å². The highest BCUT2D eigenvalue weighted by atomic mass is 19.4. The van der Waals surface area contributed by atoms with Crippen LogP contribution in [0.4, 0.5) is 30.2 Å². The minimum atomic E-state index is -4.51. The third-order valence-electron chi connectivity index (χ3n) is 3.75. The molecule has 1 aromatic heterocycles. The van der Waals surface area contributed by atoms with E-state index in [-0.39, 0.29) is 17.1 Å². The van der Waals surface area contributed by atoms with Gasteiger partial charge >= 0.3 is 6.18 Å². The first-order valence-electron chi connectivity index (χ1n) is 8.07. The molecule has 3 aromatic rings. The summed E-state index contributed by atoms with van der Waals surface area (Å²) >= 11 is 0. The first kappa shape index (κ1) is 18.9. The van der Waals surface area contributed by atoms with Crippen LogP contribution in [0.1, 0.15) is 21.6 Å². The number of nitrogens with one attached hydrogen (secondary N) is 2. The summed E-state index contributed by atoms with van der Waals surface area (Å²) in [6.45, 7) is 0. The lowest BCUT2D eigenvalue weighted by atomic mass is 10.1. The van der Waals surface area contributed by atoms with Gasteiger partial charge in [-0.05, 0) is 42.5 Å². The highest BCUT2D eigenvalue weighted by molar-refractivity contribution is 6.03. The molecule has 2 N–H and O–H groups in total. The van der Waals surface area contributed by atoms with Crippen LogP contribution in [0.5, 0.6) is 0 Å². The van der Waals surface area contributed by atoms with Crippen molar-refractivity contribution in [2.45, 2.75) is 6.18 Å². The lowest BCUT2D eigenvalue weighted by Gasteiger charge is -2.14. The molecule has 140 valence electrons. The molecule has 1 heterocycles. The summed E-state index contributed by atoms with van der Waals surface area (Å²) in [4.78, 5) is 16.3. The van der Waals surface area contributed by atoms with Gasteiger partial charge in [0.15, 0.2) is 0 Å². The second kappa shape index (κ2) is 7.80. The average molecular weight is 382 g/mol. The highest BCUT2D eigenvalue weighted by Crippen LogP contribution is 2.35. The minimum absolute atomic E-state index is 0.0110. The van der Waals surface area contributed by atoms with Crippen molar-refractivity contribution in [1.29, 1.82) is 5.26 Å². The third kappa shape index (κ3) is 4.45. The van der Waals surface area contributed by atoms with Crippen molar-refractivity contribution in [1.82, 2.24) is 4.98 Å². The molecule has 8 heteroatoms. The summed E-state index contributed by atoms with van der Waals surface area (Å²) in [6, 6.07) is 16.1. The molecule has 28 heavy (non-hydrogen) atoms. The summed E-state index contributed by atoms with van der Waals surface area (Å²) < 4.78 is 39.4. The highest BCUT2D eigenvalue weighted by Gasteiger charge is 2.33. The molecule has 0 saturated carbocycles. The zero-order valence-electron chi connectivity index (χ0n) is 14.3. The van der Waals surface area contributed by atoms with E-state index in [1.807, 2.05) is 6.07 Å². The molecule has 0 unspecified atom stereocenters. The second-order valence-corrected chi connectivity index (χ2v) is 5.74. The Labute approximate surface area is 158 Å². The van der Waals surface area contributed by atoms with Crippen molar-refractivity contribution < 1.29 is 18.0 Å². The SMILES string of the molecule is N#Cc1cccc(NC(=O)c2cc(Nc3ccccc3C(F)(F)F)ccn2)c1. The molecule has 0 fully saturated rings. The monoisotopic (exact) mass is 382 g/mol. The Bertz CT molecular complexity index is 1060. The van der Waals surface area contributed by atoms with E-state index in [9.17, 15) is 18.0 Å². The smallest absolute Gasteiger partial charge is 0.355 e. The Morgan fingerprint density at radius 3 is 2.54 bits per heavy atom. The molecule has 0 spiro atoms. The molecular weight excluding hydrogens is 369 g/mol. The van der Waals surface area contributed by atoms with Crippen molar-refractivity contribution in [3.63, 3.8) is 0 Å². The molecule has 0 bridgehead atoms. The van der Waals surface area contributed by atoms with Crippen LogP contribution in [0.25, 0.3) is 0 Å². The number of para-hydroxylation sites is 1. The fraction of sp³-hybridized carbons (Fsp3) is 0.0500. The van der Waals surface area contributed by atoms with Crippen molar-refractivity contribution in [2.75, 3.05) is 10.6 Å². The third-order valence-corrected chi connectivity index (χ3v) is 3.75. The normalized spacial score (nSPS) is 10.8. The number of halogens is 3. The number of aromatic nitrogens is 1. The first-order chi connectivity index (χ1) is 13.4. The summed E-state index contributed by atoms with van der Waals surface area (Å²) in [5, 5.41) is 14.2. The van der Waals surface area contributed by atoms with E-state index in [1.54, 1.807) is 18.2 Å². The topological polar surface area (TPSA) is 77.8 Å². The Hall–Kier alpha value is -3.86. The molecule has 1 amide bonds. The van der Waals surface area contributed by atoms with Crippen LogP contribution >= 0.6 is 0 Å². The molecule has 0 aliphatic heterocycles.